The van der Waals surface area contributed by atoms with Gasteiger partial charge in [0, 0.05) is 25.6 Å². The Morgan fingerprint density at radius 1 is 1.21 bits per heavy atom. The zero-order chi connectivity index (χ0) is 20.4. The van der Waals surface area contributed by atoms with Gasteiger partial charge in [-0.2, -0.15) is 0 Å². The number of benzene rings is 2. The Balaban J connectivity index is 1.58. The average Bonchev–Trinajstić information content (AvgIpc) is 2.77. The Morgan fingerprint density at radius 2 is 2.07 bits per heavy atom. The fourth-order valence-corrected chi connectivity index (χ4v) is 4.91. The van der Waals surface area contributed by atoms with Crippen LogP contribution >= 0.6 is 0 Å². The van der Waals surface area contributed by atoms with Crippen molar-refractivity contribution in [2.75, 3.05) is 19.7 Å². The minimum Gasteiger partial charge on any atom is -0.387 e. The van der Waals surface area contributed by atoms with E-state index in [2.05, 4.69) is 55.6 Å². The molecule has 2 aromatic rings. The number of carbonyl (C=O) groups excluding carboxylic acids is 1. The highest BCUT2D eigenvalue weighted by Gasteiger charge is 2.29. The molecule has 4 rings (SSSR count). The van der Waals surface area contributed by atoms with E-state index in [0.29, 0.717) is 24.9 Å². The number of nitrogens with zero attached hydrogens (tertiary/aromatic N) is 1. The molecule has 0 bridgehead atoms. The first-order valence-electron chi connectivity index (χ1n) is 10.9. The van der Waals surface area contributed by atoms with Crippen LogP contribution in [0.5, 0.6) is 0 Å². The summed E-state index contributed by atoms with van der Waals surface area (Å²) >= 11 is 0. The second-order valence-corrected chi connectivity index (χ2v) is 8.61. The summed E-state index contributed by atoms with van der Waals surface area (Å²) < 4.78 is 0. The number of fused-ring (bicyclic) bond motifs is 2. The third-order valence-corrected chi connectivity index (χ3v) is 6.67. The first kappa shape index (κ1) is 20.1. The van der Waals surface area contributed by atoms with Gasteiger partial charge < -0.3 is 15.3 Å². The highest BCUT2D eigenvalue weighted by atomic mass is 16.3. The minimum absolute atomic E-state index is 0.171. The molecule has 1 amide bonds. The zero-order valence-corrected chi connectivity index (χ0v) is 17.6. The molecule has 4 nitrogen and oxygen atoms in total. The van der Waals surface area contributed by atoms with Crippen molar-refractivity contribution in [3.63, 3.8) is 0 Å². The third kappa shape index (κ3) is 4.24. The lowest BCUT2D eigenvalue weighted by molar-refractivity contribution is -0.135. The molecule has 2 heterocycles. The van der Waals surface area contributed by atoms with Crippen molar-refractivity contribution in [2.24, 2.45) is 0 Å². The lowest BCUT2D eigenvalue weighted by Crippen LogP contribution is -2.40. The van der Waals surface area contributed by atoms with E-state index in [0.717, 1.165) is 32.4 Å². The standard InChI is InChI=1S/C25H32N2O2/c1-3-18-4-7-24-22(14-27(25(29)16-28)15-23(24)11-18)10-17(2)20-6-5-19-8-9-26-13-21(19)12-20/h4-7,11-12,17,22,26,28H,3,8-10,13-16H2,1-2H3. The smallest absolute Gasteiger partial charge is 0.248 e. The molecule has 0 saturated heterocycles. The Morgan fingerprint density at radius 3 is 2.86 bits per heavy atom. The van der Waals surface area contributed by atoms with Crippen LogP contribution in [0.3, 0.4) is 0 Å². The number of aliphatic hydroxyl groups is 1. The number of hydrogen-bond donors (Lipinski definition) is 2. The van der Waals surface area contributed by atoms with Gasteiger partial charge in [0.15, 0.2) is 0 Å². The van der Waals surface area contributed by atoms with Crippen LogP contribution < -0.4 is 5.32 Å². The lowest BCUT2D eigenvalue weighted by atomic mass is 9.80. The molecule has 2 atom stereocenters. The van der Waals surface area contributed by atoms with Gasteiger partial charge in [-0.1, -0.05) is 50.2 Å². The predicted octanol–water partition coefficient (Wildman–Crippen LogP) is 3.51. The second kappa shape index (κ2) is 8.68. The monoisotopic (exact) mass is 392 g/mol. The molecule has 0 aromatic heterocycles. The average molecular weight is 393 g/mol. The molecule has 2 aromatic carbocycles. The summed E-state index contributed by atoms with van der Waals surface area (Å²) in [6.45, 7) is 7.36. The van der Waals surface area contributed by atoms with Crippen LogP contribution in [0.4, 0.5) is 0 Å². The van der Waals surface area contributed by atoms with Crippen molar-refractivity contribution in [3.05, 3.63) is 69.8 Å². The molecule has 154 valence electrons. The Bertz CT molecular complexity index is 892. The SMILES string of the molecule is CCc1ccc2c(c1)CN(C(=O)CO)CC2CC(C)c1ccc2c(c1)CNCC2. The molecular weight excluding hydrogens is 360 g/mol. The van der Waals surface area contributed by atoms with E-state index in [1.54, 1.807) is 0 Å². The van der Waals surface area contributed by atoms with Crippen LogP contribution in [0.15, 0.2) is 36.4 Å². The van der Waals surface area contributed by atoms with Crippen molar-refractivity contribution in [1.29, 1.82) is 0 Å². The quantitative estimate of drug-likeness (QED) is 0.819. The van der Waals surface area contributed by atoms with Crippen LogP contribution in [-0.4, -0.2) is 35.6 Å². The fraction of sp³-hybridized carbons (Fsp3) is 0.480. The van der Waals surface area contributed by atoms with E-state index in [1.165, 1.54) is 33.4 Å². The Kier molecular flexibility index (Phi) is 6.02. The van der Waals surface area contributed by atoms with Crippen LogP contribution in [0.2, 0.25) is 0 Å². The van der Waals surface area contributed by atoms with Crippen molar-refractivity contribution in [3.8, 4) is 0 Å². The van der Waals surface area contributed by atoms with Gasteiger partial charge in [-0.3, -0.25) is 4.79 Å². The van der Waals surface area contributed by atoms with Crippen molar-refractivity contribution in [1.82, 2.24) is 10.2 Å². The summed E-state index contributed by atoms with van der Waals surface area (Å²) in [4.78, 5) is 14.1. The van der Waals surface area contributed by atoms with Crippen molar-refractivity contribution >= 4 is 5.91 Å². The van der Waals surface area contributed by atoms with Crippen LogP contribution in [0.25, 0.3) is 0 Å². The Hall–Kier alpha value is -2.17. The van der Waals surface area contributed by atoms with E-state index < -0.39 is 6.61 Å². The number of aliphatic hydroxyl groups excluding tert-OH is 1. The molecule has 2 unspecified atom stereocenters. The molecule has 29 heavy (non-hydrogen) atoms. The summed E-state index contributed by atoms with van der Waals surface area (Å²) in [6.07, 6.45) is 3.10. The van der Waals surface area contributed by atoms with Gasteiger partial charge in [-0.05, 0) is 65.1 Å². The largest absolute Gasteiger partial charge is 0.387 e. The highest BCUT2D eigenvalue weighted by molar-refractivity contribution is 5.77. The summed E-state index contributed by atoms with van der Waals surface area (Å²) in [7, 11) is 0. The zero-order valence-electron chi connectivity index (χ0n) is 17.6. The molecule has 2 aliphatic heterocycles. The van der Waals surface area contributed by atoms with Crippen LogP contribution in [0.1, 0.15) is 65.5 Å². The van der Waals surface area contributed by atoms with Gasteiger partial charge in [0.1, 0.15) is 6.61 Å². The lowest BCUT2D eigenvalue weighted by Gasteiger charge is -2.36. The number of aryl methyl sites for hydroxylation is 1. The van der Waals surface area contributed by atoms with E-state index >= 15 is 0 Å². The maximum atomic E-state index is 12.3. The van der Waals surface area contributed by atoms with Crippen LogP contribution in [0, 0.1) is 0 Å². The molecule has 0 saturated carbocycles. The maximum absolute atomic E-state index is 12.3. The molecule has 0 aliphatic carbocycles. The van der Waals surface area contributed by atoms with Gasteiger partial charge in [-0.25, -0.2) is 0 Å². The molecule has 0 spiro atoms. The molecule has 4 heteroatoms. The first-order valence-corrected chi connectivity index (χ1v) is 10.9. The summed E-state index contributed by atoms with van der Waals surface area (Å²) in [5, 5.41) is 12.9. The first-order chi connectivity index (χ1) is 14.1. The summed E-state index contributed by atoms with van der Waals surface area (Å²) in [5.41, 5.74) is 8.18. The molecule has 0 radical (unpaired) electrons. The van der Waals surface area contributed by atoms with Crippen LogP contribution in [-0.2, 0) is 30.7 Å². The Labute approximate surface area is 173 Å². The molecule has 0 fully saturated rings. The minimum atomic E-state index is -0.414. The number of hydrogen-bond acceptors (Lipinski definition) is 3. The second-order valence-electron chi connectivity index (χ2n) is 8.61. The van der Waals surface area contributed by atoms with Gasteiger partial charge in [-0.15, -0.1) is 0 Å². The maximum Gasteiger partial charge on any atom is 0.248 e. The number of rotatable bonds is 5. The fourth-order valence-electron chi connectivity index (χ4n) is 4.91. The summed E-state index contributed by atoms with van der Waals surface area (Å²) in [6, 6.07) is 13.7. The van der Waals surface area contributed by atoms with Crippen molar-refractivity contribution < 1.29 is 9.90 Å². The van der Waals surface area contributed by atoms with E-state index in [1.807, 2.05) is 4.90 Å². The molecular formula is C25H32N2O2. The van der Waals surface area contributed by atoms with Gasteiger partial charge in [0.25, 0.3) is 0 Å². The topological polar surface area (TPSA) is 52.6 Å². The van der Waals surface area contributed by atoms with Crippen molar-refractivity contribution in [2.45, 2.75) is 58.0 Å². The van der Waals surface area contributed by atoms with E-state index in [-0.39, 0.29) is 5.91 Å². The number of amides is 1. The third-order valence-electron chi connectivity index (χ3n) is 6.67. The normalized spacial score (nSPS) is 19.4. The molecule has 2 aliphatic rings. The van der Waals surface area contributed by atoms with E-state index in [4.69, 9.17) is 0 Å². The number of nitrogens with one attached hydrogen (secondary N) is 1. The molecule has 2 N–H and O–H groups in total. The van der Waals surface area contributed by atoms with E-state index in [9.17, 15) is 9.90 Å². The van der Waals surface area contributed by atoms with Gasteiger partial charge in [0.2, 0.25) is 5.91 Å². The highest BCUT2D eigenvalue weighted by Crippen LogP contribution is 2.37. The van der Waals surface area contributed by atoms with Gasteiger partial charge in [0.05, 0.1) is 0 Å². The number of carbonyl (C=O) groups is 1. The summed E-state index contributed by atoms with van der Waals surface area (Å²) in [5.74, 6) is 0.537. The predicted molar refractivity (Wildman–Crippen MR) is 116 cm³/mol. The van der Waals surface area contributed by atoms with Gasteiger partial charge >= 0.3 is 0 Å².